The van der Waals surface area contributed by atoms with Crippen molar-refractivity contribution in [1.82, 2.24) is 15.8 Å². The minimum Gasteiger partial charge on any atom is -0.466 e. The van der Waals surface area contributed by atoms with Crippen molar-refractivity contribution in [3.8, 4) is 0 Å². The van der Waals surface area contributed by atoms with Crippen molar-refractivity contribution < 1.29 is 23.6 Å². The first kappa shape index (κ1) is 18.2. The van der Waals surface area contributed by atoms with E-state index in [1.54, 1.807) is 19.9 Å². The van der Waals surface area contributed by atoms with Gasteiger partial charge in [-0.3, -0.25) is 34.9 Å². The van der Waals surface area contributed by atoms with E-state index < -0.39 is 11.8 Å². The fourth-order valence-electron chi connectivity index (χ4n) is 3.78. The molecule has 1 aliphatic heterocycles. The number of carbonyl (C=O) groups is 4. The minimum absolute atomic E-state index is 0.0379. The molecule has 2 fully saturated rings. The van der Waals surface area contributed by atoms with Crippen LogP contribution >= 0.6 is 0 Å². The van der Waals surface area contributed by atoms with Gasteiger partial charge in [-0.15, -0.1) is 0 Å². The quantitative estimate of drug-likeness (QED) is 0.619. The SMILES string of the molecule is Cc1cc(C(=O)NNC(=O)CCN2C(=O)[C@H]3CCCC[C@@H]3C2=O)c(C)o1. The molecule has 1 saturated heterocycles. The number of nitrogens with one attached hydrogen (secondary N) is 2. The number of nitrogens with zero attached hydrogens (tertiary/aromatic N) is 1. The van der Waals surface area contributed by atoms with Gasteiger partial charge < -0.3 is 4.42 Å². The highest BCUT2D eigenvalue weighted by molar-refractivity contribution is 6.05. The van der Waals surface area contributed by atoms with Gasteiger partial charge in [0.1, 0.15) is 11.5 Å². The second-order valence-corrected chi connectivity index (χ2v) is 6.90. The molecule has 0 radical (unpaired) electrons. The Balaban J connectivity index is 1.48. The summed E-state index contributed by atoms with van der Waals surface area (Å²) in [5.41, 5.74) is 4.96. The molecule has 0 unspecified atom stereocenters. The van der Waals surface area contributed by atoms with Crippen molar-refractivity contribution in [2.75, 3.05) is 6.54 Å². The lowest BCUT2D eigenvalue weighted by molar-refractivity contribution is -0.140. The predicted molar refractivity (Wildman–Crippen MR) is 90.6 cm³/mol. The zero-order valence-corrected chi connectivity index (χ0v) is 15.0. The highest BCUT2D eigenvalue weighted by Gasteiger charge is 2.47. The van der Waals surface area contributed by atoms with Gasteiger partial charge in [0.15, 0.2) is 0 Å². The summed E-state index contributed by atoms with van der Waals surface area (Å²) in [6, 6.07) is 1.58. The van der Waals surface area contributed by atoms with Crippen molar-refractivity contribution >= 4 is 23.6 Å². The number of carbonyl (C=O) groups excluding carboxylic acids is 4. The monoisotopic (exact) mass is 361 g/mol. The Bertz CT molecular complexity index is 730. The summed E-state index contributed by atoms with van der Waals surface area (Å²) in [6.45, 7) is 3.42. The number of furan rings is 1. The van der Waals surface area contributed by atoms with Crippen LogP contribution in [0.15, 0.2) is 10.5 Å². The molecule has 2 aliphatic rings. The van der Waals surface area contributed by atoms with Crippen LogP contribution in [-0.4, -0.2) is 35.1 Å². The first-order chi connectivity index (χ1) is 12.4. The summed E-state index contributed by atoms with van der Waals surface area (Å²) in [4.78, 5) is 49.9. The predicted octanol–water partition coefficient (Wildman–Crippen LogP) is 1.22. The van der Waals surface area contributed by atoms with Gasteiger partial charge in [0.2, 0.25) is 17.7 Å². The van der Waals surface area contributed by atoms with Gasteiger partial charge in [0.25, 0.3) is 5.91 Å². The fourth-order valence-corrected chi connectivity index (χ4v) is 3.78. The molecule has 2 N–H and O–H groups in total. The maximum Gasteiger partial charge on any atom is 0.273 e. The highest BCUT2D eigenvalue weighted by atomic mass is 16.3. The molecule has 8 nitrogen and oxygen atoms in total. The van der Waals surface area contributed by atoms with Crippen molar-refractivity contribution in [2.45, 2.75) is 46.0 Å². The molecule has 3 rings (SSSR count). The molecule has 0 aromatic carbocycles. The molecule has 140 valence electrons. The average molecular weight is 361 g/mol. The van der Waals surface area contributed by atoms with Gasteiger partial charge >= 0.3 is 0 Å². The van der Waals surface area contributed by atoms with Crippen LogP contribution in [0.5, 0.6) is 0 Å². The topological polar surface area (TPSA) is 109 Å². The molecule has 1 aromatic heterocycles. The third-order valence-corrected chi connectivity index (χ3v) is 5.10. The van der Waals surface area contributed by atoms with E-state index in [0.717, 1.165) is 25.7 Å². The number of hydrazine groups is 1. The van der Waals surface area contributed by atoms with E-state index >= 15 is 0 Å². The summed E-state index contributed by atoms with van der Waals surface area (Å²) in [7, 11) is 0. The van der Waals surface area contributed by atoms with Gasteiger partial charge in [-0.1, -0.05) is 12.8 Å². The first-order valence-electron chi connectivity index (χ1n) is 8.90. The number of imide groups is 1. The van der Waals surface area contributed by atoms with Crippen molar-refractivity contribution in [3.05, 3.63) is 23.2 Å². The number of amides is 4. The van der Waals surface area contributed by atoms with E-state index in [0.29, 0.717) is 17.1 Å². The molecule has 2 atom stereocenters. The Morgan fingerprint density at radius 1 is 1.12 bits per heavy atom. The van der Waals surface area contributed by atoms with E-state index in [4.69, 9.17) is 4.42 Å². The number of hydrogen-bond acceptors (Lipinski definition) is 5. The smallest absolute Gasteiger partial charge is 0.273 e. The lowest BCUT2D eigenvalue weighted by Gasteiger charge is -2.19. The third kappa shape index (κ3) is 3.49. The molecular weight excluding hydrogens is 338 g/mol. The summed E-state index contributed by atoms with van der Waals surface area (Å²) in [5, 5.41) is 0. The molecule has 4 amide bonds. The van der Waals surface area contributed by atoms with Gasteiger partial charge in [-0.25, -0.2) is 0 Å². The second kappa shape index (κ2) is 7.31. The van der Waals surface area contributed by atoms with Crippen LogP contribution in [0.3, 0.4) is 0 Å². The zero-order valence-electron chi connectivity index (χ0n) is 15.0. The lowest BCUT2D eigenvalue weighted by atomic mass is 9.81. The number of likely N-dealkylation sites (tertiary alicyclic amines) is 1. The van der Waals surface area contributed by atoms with Crippen LogP contribution in [0.1, 0.15) is 54.0 Å². The number of aryl methyl sites for hydroxylation is 2. The standard InChI is InChI=1S/C18H23N3O5/c1-10-9-14(11(2)26-10)16(23)20-19-15(22)7-8-21-17(24)12-5-3-4-6-13(12)18(21)25/h9,12-13H,3-8H2,1-2H3,(H,19,22)(H,20,23)/t12-,13-/m0/s1. The fraction of sp³-hybridized carbons (Fsp3) is 0.556. The second-order valence-electron chi connectivity index (χ2n) is 6.90. The average Bonchev–Trinajstić information content (AvgIpc) is 3.08. The van der Waals surface area contributed by atoms with Crippen LogP contribution in [0.4, 0.5) is 0 Å². The van der Waals surface area contributed by atoms with E-state index in [1.165, 1.54) is 4.90 Å². The summed E-state index contributed by atoms with van der Waals surface area (Å²) in [5.74, 6) is -0.643. The Labute approximate surface area is 151 Å². The maximum absolute atomic E-state index is 12.3. The van der Waals surface area contributed by atoms with E-state index in [2.05, 4.69) is 10.9 Å². The molecule has 1 aromatic rings. The lowest BCUT2D eigenvalue weighted by Crippen LogP contribution is -2.43. The molecule has 1 saturated carbocycles. The van der Waals surface area contributed by atoms with Crippen LogP contribution in [0.2, 0.25) is 0 Å². The van der Waals surface area contributed by atoms with Gasteiger partial charge in [-0.2, -0.15) is 0 Å². The molecule has 1 aliphatic carbocycles. The summed E-state index contributed by atoms with van der Waals surface area (Å²) >= 11 is 0. The molecule has 8 heteroatoms. The Kier molecular flexibility index (Phi) is 5.11. The number of hydrogen-bond donors (Lipinski definition) is 2. The molecule has 0 bridgehead atoms. The third-order valence-electron chi connectivity index (χ3n) is 5.10. The van der Waals surface area contributed by atoms with Crippen LogP contribution in [-0.2, 0) is 14.4 Å². The normalized spacial score (nSPS) is 22.3. The van der Waals surface area contributed by atoms with Gasteiger partial charge in [0.05, 0.1) is 17.4 Å². The van der Waals surface area contributed by atoms with E-state index in [1.807, 2.05) is 0 Å². The largest absolute Gasteiger partial charge is 0.466 e. The number of fused-ring (bicyclic) bond motifs is 1. The summed E-state index contributed by atoms with van der Waals surface area (Å²) < 4.78 is 5.27. The first-order valence-corrected chi connectivity index (χ1v) is 8.90. The van der Waals surface area contributed by atoms with Crippen LogP contribution < -0.4 is 10.9 Å². The Hall–Kier alpha value is -2.64. The summed E-state index contributed by atoms with van der Waals surface area (Å²) in [6.07, 6.45) is 3.37. The Morgan fingerprint density at radius 2 is 1.73 bits per heavy atom. The minimum atomic E-state index is -0.480. The molecule has 2 heterocycles. The van der Waals surface area contributed by atoms with Crippen LogP contribution in [0, 0.1) is 25.7 Å². The van der Waals surface area contributed by atoms with Crippen molar-refractivity contribution in [2.24, 2.45) is 11.8 Å². The molecule has 26 heavy (non-hydrogen) atoms. The van der Waals surface area contributed by atoms with Crippen molar-refractivity contribution in [1.29, 1.82) is 0 Å². The van der Waals surface area contributed by atoms with E-state index in [9.17, 15) is 19.2 Å². The van der Waals surface area contributed by atoms with Gasteiger partial charge in [0, 0.05) is 13.0 Å². The maximum atomic E-state index is 12.3. The van der Waals surface area contributed by atoms with Gasteiger partial charge in [-0.05, 0) is 32.8 Å². The van der Waals surface area contributed by atoms with Crippen LogP contribution in [0.25, 0.3) is 0 Å². The Morgan fingerprint density at radius 3 is 2.27 bits per heavy atom. The highest BCUT2D eigenvalue weighted by Crippen LogP contribution is 2.37. The molecular formula is C18H23N3O5. The van der Waals surface area contributed by atoms with Crippen molar-refractivity contribution in [3.63, 3.8) is 0 Å². The van der Waals surface area contributed by atoms with E-state index in [-0.39, 0.29) is 36.6 Å². The molecule has 0 spiro atoms. The zero-order chi connectivity index (χ0) is 18.8. The number of rotatable bonds is 4.